The van der Waals surface area contributed by atoms with Crippen molar-refractivity contribution in [1.82, 2.24) is 0 Å². The maximum absolute atomic E-state index is 12.7. The van der Waals surface area contributed by atoms with Crippen molar-refractivity contribution in [3.05, 3.63) is 23.8 Å². The van der Waals surface area contributed by atoms with Crippen LogP contribution in [-0.2, 0) is 16.0 Å². The highest BCUT2D eigenvalue weighted by molar-refractivity contribution is 5.97. The molecule has 0 saturated carbocycles. The number of hydrogen-bond acceptors (Lipinski definition) is 3. The molecule has 2 atom stereocenters. The van der Waals surface area contributed by atoms with E-state index >= 15 is 0 Å². The van der Waals surface area contributed by atoms with Crippen molar-refractivity contribution in [2.24, 2.45) is 5.92 Å². The molecule has 1 fully saturated rings. The molecule has 102 valence electrons. The van der Waals surface area contributed by atoms with Gasteiger partial charge in [0.2, 0.25) is 5.91 Å². The molecule has 2 heterocycles. The molecule has 4 nitrogen and oxygen atoms in total. The van der Waals surface area contributed by atoms with Gasteiger partial charge in [-0.1, -0.05) is 6.07 Å². The third-order valence-corrected chi connectivity index (χ3v) is 4.25. The molecule has 0 radical (unpaired) electrons. The molecule has 4 heteroatoms. The molecular formula is C15H20N2O2. The molecule has 0 spiro atoms. The van der Waals surface area contributed by atoms with Crippen molar-refractivity contribution >= 4 is 17.3 Å². The van der Waals surface area contributed by atoms with E-state index in [0.717, 1.165) is 42.7 Å². The first-order valence-corrected chi connectivity index (χ1v) is 6.99. The first kappa shape index (κ1) is 12.5. The summed E-state index contributed by atoms with van der Waals surface area (Å²) in [6, 6.07) is 5.84. The summed E-state index contributed by atoms with van der Waals surface area (Å²) in [5.74, 6) is 0.184. The monoisotopic (exact) mass is 260 g/mol. The van der Waals surface area contributed by atoms with Crippen LogP contribution >= 0.6 is 0 Å². The highest BCUT2D eigenvalue weighted by Crippen LogP contribution is 2.34. The highest BCUT2D eigenvalue weighted by atomic mass is 16.5. The molecule has 2 aliphatic heterocycles. The number of anilines is 2. The van der Waals surface area contributed by atoms with Crippen LogP contribution in [0.15, 0.2) is 18.2 Å². The van der Waals surface area contributed by atoms with Gasteiger partial charge in [0.25, 0.3) is 0 Å². The second kappa shape index (κ2) is 4.85. The molecular weight excluding hydrogens is 240 g/mol. The number of carbonyl (C=O) groups excluding carboxylic acids is 1. The number of hydrogen-bond donors (Lipinski definition) is 1. The molecule has 3 rings (SSSR count). The normalized spacial score (nSPS) is 26.3. The van der Waals surface area contributed by atoms with Crippen LogP contribution < -0.4 is 10.6 Å². The van der Waals surface area contributed by atoms with E-state index in [2.05, 4.69) is 0 Å². The van der Waals surface area contributed by atoms with Gasteiger partial charge in [0, 0.05) is 24.5 Å². The van der Waals surface area contributed by atoms with Gasteiger partial charge in [-0.15, -0.1) is 0 Å². The Hall–Kier alpha value is -1.55. The largest absolute Gasteiger partial charge is 0.398 e. The topological polar surface area (TPSA) is 55.6 Å². The standard InChI is InChI=1S/C15H20N2O2/c1-10-11(7-9-19-10)15(18)17-8-3-4-12-13(16)5-2-6-14(12)17/h2,5-6,10-11H,3-4,7-9,16H2,1H3. The van der Waals surface area contributed by atoms with E-state index in [9.17, 15) is 4.79 Å². The van der Waals surface area contributed by atoms with E-state index in [1.165, 1.54) is 0 Å². The SMILES string of the molecule is CC1OCCC1C(=O)N1CCCc2c(N)cccc21. The van der Waals surface area contributed by atoms with Crippen molar-refractivity contribution in [1.29, 1.82) is 0 Å². The molecule has 2 N–H and O–H groups in total. The van der Waals surface area contributed by atoms with Crippen LogP contribution in [0, 0.1) is 5.92 Å². The van der Waals surface area contributed by atoms with Crippen LogP contribution in [0.2, 0.25) is 0 Å². The predicted octanol–water partition coefficient (Wildman–Crippen LogP) is 1.97. The molecule has 2 aliphatic rings. The van der Waals surface area contributed by atoms with E-state index < -0.39 is 0 Å². The van der Waals surface area contributed by atoms with Crippen LogP contribution in [0.25, 0.3) is 0 Å². The summed E-state index contributed by atoms with van der Waals surface area (Å²) in [5, 5.41) is 0. The highest BCUT2D eigenvalue weighted by Gasteiger charge is 2.35. The number of nitrogens with zero attached hydrogens (tertiary/aromatic N) is 1. The number of nitrogens with two attached hydrogens (primary N) is 1. The van der Waals surface area contributed by atoms with Crippen LogP contribution in [0.4, 0.5) is 11.4 Å². The lowest BCUT2D eigenvalue weighted by molar-refractivity contribution is -0.123. The van der Waals surface area contributed by atoms with Crippen LogP contribution in [0.1, 0.15) is 25.3 Å². The molecule has 19 heavy (non-hydrogen) atoms. The van der Waals surface area contributed by atoms with Crippen LogP contribution in [0.5, 0.6) is 0 Å². The summed E-state index contributed by atoms with van der Waals surface area (Å²) < 4.78 is 5.52. The van der Waals surface area contributed by atoms with Gasteiger partial charge < -0.3 is 15.4 Å². The fourth-order valence-corrected chi connectivity index (χ4v) is 3.14. The molecule has 1 saturated heterocycles. The van der Waals surface area contributed by atoms with Gasteiger partial charge in [-0.3, -0.25) is 4.79 Å². The number of fused-ring (bicyclic) bond motifs is 1. The van der Waals surface area contributed by atoms with Crippen molar-refractivity contribution < 1.29 is 9.53 Å². The number of benzene rings is 1. The Balaban J connectivity index is 1.91. The van der Waals surface area contributed by atoms with E-state index in [1.54, 1.807) is 0 Å². The maximum atomic E-state index is 12.7. The Morgan fingerprint density at radius 3 is 3.05 bits per heavy atom. The zero-order valence-electron chi connectivity index (χ0n) is 11.3. The average Bonchev–Trinajstić information content (AvgIpc) is 2.84. The second-order valence-corrected chi connectivity index (χ2v) is 5.41. The lowest BCUT2D eigenvalue weighted by atomic mass is 9.95. The Morgan fingerprint density at radius 1 is 1.47 bits per heavy atom. The fourth-order valence-electron chi connectivity index (χ4n) is 3.14. The number of carbonyl (C=O) groups is 1. The summed E-state index contributed by atoms with van der Waals surface area (Å²) >= 11 is 0. The molecule has 1 amide bonds. The van der Waals surface area contributed by atoms with Gasteiger partial charge in [0.05, 0.1) is 12.0 Å². The lowest BCUT2D eigenvalue weighted by Gasteiger charge is -2.32. The molecule has 2 unspecified atom stereocenters. The Kier molecular flexibility index (Phi) is 3.19. The summed E-state index contributed by atoms with van der Waals surface area (Å²) in [6.07, 6.45) is 2.80. The number of amides is 1. The lowest BCUT2D eigenvalue weighted by Crippen LogP contribution is -2.41. The van der Waals surface area contributed by atoms with Gasteiger partial charge in [-0.25, -0.2) is 0 Å². The van der Waals surface area contributed by atoms with Crippen molar-refractivity contribution in [2.75, 3.05) is 23.8 Å². The maximum Gasteiger partial charge on any atom is 0.232 e. The fraction of sp³-hybridized carbons (Fsp3) is 0.533. The summed E-state index contributed by atoms with van der Waals surface area (Å²) in [7, 11) is 0. The van der Waals surface area contributed by atoms with Crippen molar-refractivity contribution in [3.63, 3.8) is 0 Å². The third-order valence-electron chi connectivity index (χ3n) is 4.25. The van der Waals surface area contributed by atoms with E-state index in [0.29, 0.717) is 6.61 Å². The molecule has 1 aromatic rings. The summed E-state index contributed by atoms with van der Waals surface area (Å²) in [5.41, 5.74) is 8.93. The minimum Gasteiger partial charge on any atom is -0.398 e. The predicted molar refractivity (Wildman–Crippen MR) is 75.0 cm³/mol. The number of nitrogen functional groups attached to an aromatic ring is 1. The first-order chi connectivity index (χ1) is 9.18. The van der Waals surface area contributed by atoms with Gasteiger partial charge >= 0.3 is 0 Å². The van der Waals surface area contributed by atoms with Crippen molar-refractivity contribution in [3.8, 4) is 0 Å². The third kappa shape index (κ3) is 2.10. The van der Waals surface area contributed by atoms with E-state index in [1.807, 2.05) is 30.0 Å². The van der Waals surface area contributed by atoms with E-state index in [-0.39, 0.29) is 17.9 Å². The quantitative estimate of drug-likeness (QED) is 0.785. The Labute approximate surface area is 113 Å². The van der Waals surface area contributed by atoms with Crippen LogP contribution in [-0.4, -0.2) is 25.2 Å². The molecule has 0 aromatic heterocycles. The molecule has 0 bridgehead atoms. The first-order valence-electron chi connectivity index (χ1n) is 6.99. The summed E-state index contributed by atoms with van der Waals surface area (Å²) in [6.45, 7) is 3.47. The average molecular weight is 260 g/mol. The second-order valence-electron chi connectivity index (χ2n) is 5.41. The zero-order valence-corrected chi connectivity index (χ0v) is 11.3. The van der Waals surface area contributed by atoms with Gasteiger partial charge in [0.1, 0.15) is 0 Å². The minimum atomic E-state index is -0.00705. The Morgan fingerprint density at radius 2 is 2.32 bits per heavy atom. The van der Waals surface area contributed by atoms with Gasteiger partial charge in [0.15, 0.2) is 0 Å². The number of ether oxygens (including phenoxy) is 1. The molecule has 0 aliphatic carbocycles. The zero-order chi connectivity index (χ0) is 13.4. The minimum absolute atomic E-state index is 0.00705. The molecule has 1 aromatic carbocycles. The Bertz CT molecular complexity index is 501. The van der Waals surface area contributed by atoms with Gasteiger partial charge in [-0.05, 0) is 43.9 Å². The van der Waals surface area contributed by atoms with Gasteiger partial charge in [-0.2, -0.15) is 0 Å². The number of rotatable bonds is 1. The van der Waals surface area contributed by atoms with E-state index in [4.69, 9.17) is 10.5 Å². The summed E-state index contributed by atoms with van der Waals surface area (Å²) in [4.78, 5) is 14.6. The smallest absolute Gasteiger partial charge is 0.232 e. The van der Waals surface area contributed by atoms with Crippen LogP contribution in [0.3, 0.4) is 0 Å². The van der Waals surface area contributed by atoms with Crippen molar-refractivity contribution in [2.45, 2.75) is 32.3 Å².